The van der Waals surface area contributed by atoms with Crippen LogP contribution in [0, 0.1) is 16.0 Å². The first kappa shape index (κ1) is 15.9. The lowest BCUT2D eigenvalue weighted by atomic mass is 10.1. The van der Waals surface area contributed by atoms with Crippen molar-refractivity contribution >= 4 is 17.5 Å². The Bertz CT molecular complexity index is 764. The molecular formula is C17H17N3O4. The number of nitrogens with one attached hydrogen (secondary N) is 1. The van der Waals surface area contributed by atoms with Gasteiger partial charge in [0.15, 0.2) is 0 Å². The third kappa shape index (κ3) is 3.34. The van der Waals surface area contributed by atoms with Gasteiger partial charge in [-0.15, -0.1) is 0 Å². The summed E-state index contributed by atoms with van der Waals surface area (Å²) >= 11 is 0. The molecule has 1 fully saturated rings. The molecule has 1 aliphatic carbocycles. The van der Waals surface area contributed by atoms with Gasteiger partial charge in [-0.2, -0.15) is 0 Å². The van der Waals surface area contributed by atoms with E-state index in [2.05, 4.69) is 27.2 Å². The molecule has 1 aromatic heterocycles. The number of hydrogen-bond acceptors (Lipinski definition) is 6. The molecule has 2 unspecified atom stereocenters. The van der Waals surface area contributed by atoms with Crippen LogP contribution in [0.2, 0.25) is 0 Å². The summed E-state index contributed by atoms with van der Waals surface area (Å²) < 4.78 is 4.56. The summed E-state index contributed by atoms with van der Waals surface area (Å²) in [6.45, 7) is 0.602. The number of nitrogens with zero attached hydrogens (tertiary/aromatic N) is 2. The number of anilines is 1. The number of aromatic nitrogens is 1. The summed E-state index contributed by atoms with van der Waals surface area (Å²) in [6, 6.07) is 11.4. The number of benzene rings is 1. The lowest BCUT2D eigenvalue weighted by Crippen LogP contribution is -2.10. The molecule has 2 aromatic rings. The van der Waals surface area contributed by atoms with Crippen molar-refractivity contribution in [2.75, 3.05) is 19.0 Å². The SMILES string of the molecule is COC(=O)c1cnc(NCC2CC2c2ccccc2)c([N+](=O)[O-])c1. The minimum absolute atomic E-state index is 0.0586. The van der Waals surface area contributed by atoms with Crippen molar-refractivity contribution in [2.24, 2.45) is 5.92 Å². The maximum absolute atomic E-state index is 11.5. The van der Waals surface area contributed by atoms with E-state index in [4.69, 9.17) is 0 Å². The molecule has 0 amide bonds. The van der Waals surface area contributed by atoms with Crippen molar-refractivity contribution < 1.29 is 14.5 Å². The second kappa shape index (κ2) is 6.66. The molecule has 0 spiro atoms. The average molecular weight is 327 g/mol. The Morgan fingerprint density at radius 3 is 2.83 bits per heavy atom. The molecule has 1 N–H and O–H groups in total. The Labute approximate surface area is 138 Å². The summed E-state index contributed by atoms with van der Waals surface area (Å²) in [5.74, 6) is 0.427. The molecule has 0 aliphatic heterocycles. The third-order valence-corrected chi connectivity index (χ3v) is 4.17. The predicted octanol–water partition coefficient (Wildman–Crippen LogP) is 2.99. The number of esters is 1. The van der Waals surface area contributed by atoms with E-state index in [-0.39, 0.29) is 17.1 Å². The van der Waals surface area contributed by atoms with Crippen LogP contribution < -0.4 is 5.32 Å². The molecule has 3 rings (SSSR count). The van der Waals surface area contributed by atoms with Gasteiger partial charge in [-0.3, -0.25) is 10.1 Å². The lowest BCUT2D eigenvalue weighted by Gasteiger charge is -2.07. The van der Waals surface area contributed by atoms with Gasteiger partial charge in [0.05, 0.1) is 17.6 Å². The summed E-state index contributed by atoms with van der Waals surface area (Å²) in [5, 5.41) is 14.2. The number of methoxy groups -OCH3 is 1. The van der Waals surface area contributed by atoms with Crippen LogP contribution in [-0.4, -0.2) is 29.5 Å². The second-order valence-corrected chi connectivity index (χ2v) is 5.73. The van der Waals surface area contributed by atoms with Crippen LogP contribution in [0.3, 0.4) is 0 Å². The number of pyridine rings is 1. The molecule has 0 saturated heterocycles. The van der Waals surface area contributed by atoms with E-state index in [1.54, 1.807) is 0 Å². The number of hydrogen-bond donors (Lipinski definition) is 1. The maximum atomic E-state index is 11.5. The van der Waals surface area contributed by atoms with Crippen LogP contribution in [0.5, 0.6) is 0 Å². The molecule has 1 aliphatic rings. The van der Waals surface area contributed by atoms with Gasteiger partial charge in [-0.05, 0) is 23.8 Å². The largest absolute Gasteiger partial charge is 0.465 e. The quantitative estimate of drug-likeness (QED) is 0.498. The van der Waals surface area contributed by atoms with Gasteiger partial charge in [0.25, 0.3) is 0 Å². The number of carbonyl (C=O) groups is 1. The zero-order chi connectivity index (χ0) is 17.1. The van der Waals surface area contributed by atoms with Gasteiger partial charge in [-0.1, -0.05) is 30.3 Å². The van der Waals surface area contributed by atoms with Crippen LogP contribution in [0.1, 0.15) is 28.3 Å². The third-order valence-electron chi connectivity index (χ3n) is 4.17. The van der Waals surface area contributed by atoms with E-state index in [1.807, 2.05) is 18.2 Å². The van der Waals surface area contributed by atoms with Crippen molar-refractivity contribution in [1.29, 1.82) is 0 Å². The van der Waals surface area contributed by atoms with E-state index >= 15 is 0 Å². The molecule has 1 heterocycles. The molecular weight excluding hydrogens is 310 g/mol. The Hall–Kier alpha value is -2.96. The minimum atomic E-state index is -0.650. The van der Waals surface area contributed by atoms with Crippen molar-refractivity contribution in [3.63, 3.8) is 0 Å². The number of rotatable bonds is 6. The fraction of sp³-hybridized carbons (Fsp3) is 0.294. The van der Waals surface area contributed by atoms with Crippen LogP contribution in [0.25, 0.3) is 0 Å². The van der Waals surface area contributed by atoms with Crippen molar-refractivity contribution in [3.05, 3.63) is 63.8 Å². The zero-order valence-corrected chi connectivity index (χ0v) is 13.1. The predicted molar refractivity (Wildman–Crippen MR) is 88.0 cm³/mol. The highest BCUT2D eigenvalue weighted by atomic mass is 16.6. The van der Waals surface area contributed by atoms with Gasteiger partial charge >= 0.3 is 11.7 Å². The molecule has 0 radical (unpaired) electrons. The Morgan fingerprint density at radius 2 is 2.17 bits per heavy atom. The normalized spacial score (nSPS) is 18.7. The van der Waals surface area contributed by atoms with E-state index in [0.29, 0.717) is 18.4 Å². The van der Waals surface area contributed by atoms with E-state index < -0.39 is 10.9 Å². The fourth-order valence-electron chi connectivity index (χ4n) is 2.77. The van der Waals surface area contributed by atoms with Gasteiger partial charge in [0, 0.05) is 18.8 Å². The smallest absolute Gasteiger partial charge is 0.339 e. The van der Waals surface area contributed by atoms with Crippen LogP contribution in [0.15, 0.2) is 42.6 Å². The van der Waals surface area contributed by atoms with Gasteiger partial charge in [0.2, 0.25) is 5.82 Å². The molecule has 1 saturated carbocycles. The van der Waals surface area contributed by atoms with E-state index in [9.17, 15) is 14.9 Å². The summed E-state index contributed by atoms with van der Waals surface area (Å²) in [4.78, 5) is 26.1. The molecule has 2 atom stereocenters. The molecule has 7 heteroatoms. The van der Waals surface area contributed by atoms with Crippen LogP contribution in [-0.2, 0) is 4.74 Å². The first-order chi connectivity index (χ1) is 11.6. The number of carbonyl (C=O) groups excluding carboxylic acids is 1. The molecule has 24 heavy (non-hydrogen) atoms. The van der Waals surface area contributed by atoms with Gasteiger partial charge < -0.3 is 10.1 Å². The van der Waals surface area contributed by atoms with Gasteiger partial charge in [-0.25, -0.2) is 9.78 Å². The first-order valence-electron chi connectivity index (χ1n) is 7.61. The Morgan fingerprint density at radius 1 is 1.42 bits per heavy atom. The highest BCUT2D eigenvalue weighted by Gasteiger charge is 2.38. The summed E-state index contributed by atoms with van der Waals surface area (Å²) in [5.41, 5.74) is 1.12. The zero-order valence-electron chi connectivity index (χ0n) is 13.1. The number of ether oxygens (including phenoxy) is 1. The minimum Gasteiger partial charge on any atom is -0.465 e. The second-order valence-electron chi connectivity index (χ2n) is 5.73. The standard InChI is InChI=1S/C17H17N3O4/c1-24-17(21)13-8-15(20(22)23)16(19-10-13)18-9-12-7-14(12)11-5-3-2-4-6-11/h2-6,8,10,12,14H,7,9H2,1H3,(H,18,19). The lowest BCUT2D eigenvalue weighted by molar-refractivity contribution is -0.384. The monoisotopic (exact) mass is 327 g/mol. The van der Waals surface area contributed by atoms with Crippen LogP contribution >= 0.6 is 0 Å². The molecule has 124 valence electrons. The van der Waals surface area contributed by atoms with E-state index in [0.717, 1.165) is 6.42 Å². The Kier molecular flexibility index (Phi) is 4.41. The molecule has 7 nitrogen and oxygen atoms in total. The number of nitro groups is 1. The average Bonchev–Trinajstić information content (AvgIpc) is 3.39. The molecule has 0 bridgehead atoms. The van der Waals surface area contributed by atoms with Crippen LogP contribution in [0.4, 0.5) is 11.5 Å². The Balaban J connectivity index is 1.67. The molecule has 1 aromatic carbocycles. The van der Waals surface area contributed by atoms with Crippen molar-refractivity contribution in [1.82, 2.24) is 4.98 Å². The highest BCUT2D eigenvalue weighted by Crippen LogP contribution is 2.47. The maximum Gasteiger partial charge on any atom is 0.339 e. The van der Waals surface area contributed by atoms with Crippen molar-refractivity contribution in [3.8, 4) is 0 Å². The van der Waals surface area contributed by atoms with E-state index in [1.165, 1.54) is 24.9 Å². The summed E-state index contributed by atoms with van der Waals surface area (Å²) in [6.07, 6.45) is 2.33. The van der Waals surface area contributed by atoms with Crippen molar-refractivity contribution in [2.45, 2.75) is 12.3 Å². The highest BCUT2D eigenvalue weighted by molar-refractivity contribution is 5.90. The summed E-state index contributed by atoms with van der Waals surface area (Å²) in [7, 11) is 1.22. The first-order valence-corrected chi connectivity index (χ1v) is 7.61. The fourth-order valence-corrected chi connectivity index (χ4v) is 2.77. The topological polar surface area (TPSA) is 94.4 Å². The van der Waals surface area contributed by atoms with Gasteiger partial charge in [0.1, 0.15) is 0 Å².